The van der Waals surface area contributed by atoms with Crippen LogP contribution in [-0.4, -0.2) is 16.1 Å². The Kier molecular flexibility index (Phi) is 2.68. The van der Waals surface area contributed by atoms with Gasteiger partial charge in [0.2, 0.25) is 0 Å². The van der Waals surface area contributed by atoms with Crippen molar-refractivity contribution in [1.82, 2.24) is 4.98 Å². The minimum atomic E-state index is -0.990. The lowest BCUT2D eigenvalue weighted by atomic mass is 9.88. The molecule has 0 spiro atoms. The molecule has 0 saturated carbocycles. The number of rotatable bonds is 2. The van der Waals surface area contributed by atoms with E-state index in [0.717, 1.165) is 36.8 Å². The molecule has 0 bridgehead atoms. The summed E-state index contributed by atoms with van der Waals surface area (Å²) in [4.78, 5) is 14.9. The zero-order valence-corrected chi connectivity index (χ0v) is 8.44. The highest BCUT2D eigenvalue weighted by atomic mass is 16.4. The molecule has 80 valence electrons. The van der Waals surface area contributed by atoms with Crippen LogP contribution in [0.5, 0.6) is 0 Å². The van der Waals surface area contributed by atoms with Gasteiger partial charge >= 0.3 is 5.97 Å². The molecule has 1 unspecified atom stereocenters. The maximum atomic E-state index is 10.8. The van der Waals surface area contributed by atoms with Gasteiger partial charge in [-0.3, -0.25) is 9.78 Å². The van der Waals surface area contributed by atoms with Crippen molar-refractivity contribution in [2.75, 3.05) is 0 Å². The third kappa shape index (κ3) is 1.85. The molecule has 0 aromatic carbocycles. The van der Waals surface area contributed by atoms with Crippen LogP contribution < -0.4 is 5.73 Å². The molecule has 0 radical (unpaired) electrons. The van der Waals surface area contributed by atoms with E-state index in [4.69, 9.17) is 10.8 Å². The van der Waals surface area contributed by atoms with E-state index in [9.17, 15) is 4.79 Å². The second-order valence-electron chi connectivity index (χ2n) is 3.89. The Morgan fingerprint density at radius 1 is 1.40 bits per heavy atom. The molecule has 1 heterocycles. The lowest BCUT2D eigenvalue weighted by molar-refractivity contribution is -0.138. The topological polar surface area (TPSA) is 76.2 Å². The Hall–Kier alpha value is -1.42. The number of nitrogens with zero attached hydrogens (tertiary/aromatic N) is 1. The van der Waals surface area contributed by atoms with E-state index in [0.29, 0.717) is 5.56 Å². The molecule has 2 rings (SSSR count). The summed E-state index contributed by atoms with van der Waals surface area (Å²) < 4.78 is 0. The van der Waals surface area contributed by atoms with Gasteiger partial charge in [0.1, 0.15) is 6.04 Å². The minimum absolute atomic E-state index is 0.680. The molecule has 1 aliphatic carbocycles. The third-order valence-electron chi connectivity index (χ3n) is 2.90. The zero-order chi connectivity index (χ0) is 10.8. The number of carbonyl (C=O) groups is 1. The normalized spacial score (nSPS) is 16.9. The first-order valence-electron chi connectivity index (χ1n) is 5.14. The average Bonchev–Trinajstić information content (AvgIpc) is 2.27. The summed E-state index contributed by atoms with van der Waals surface area (Å²) in [5.41, 5.74) is 8.57. The van der Waals surface area contributed by atoms with E-state index in [1.165, 1.54) is 0 Å². The van der Waals surface area contributed by atoms with E-state index in [1.54, 1.807) is 6.20 Å². The number of fused-ring (bicyclic) bond motifs is 1. The average molecular weight is 206 g/mol. The van der Waals surface area contributed by atoms with E-state index in [-0.39, 0.29) is 0 Å². The van der Waals surface area contributed by atoms with Crippen molar-refractivity contribution in [3.8, 4) is 0 Å². The molecule has 0 amide bonds. The Labute approximate surface area is 88.1 Å². The van der Waals surface area contributed by atoms with Crippen LogP contribution >= 0.6 is 0 Å². The van der Waals surface area contributed by atoms with Gasteiger partial charge in [-0.25, -0.2) is 0 Å². The van der Waals surface area contributed by atoms with Crippen LogP contribution in [0.3, 0.4) is 0 Å². The van der Waals surface area contributed by atoms with Gasteiger partial charge in [-0.15, -0.1) is 0 Å². The van der Waals surface area contributed by atoms with Gasteiger partial charge in [-0.1, -0.05) is 0 Å². The first kappa shape index (κ1) is 10.1. The van der Waals surface area contributed by atoms with Gasteiger partial charge in [0, 0.05) is 18.0 Å². The number of hydrogen-bond acceptors (Lipinski definition) is 3. The Balaban J connectivity index is 2.43. The molecule has 0 fully saturated rings. The Bertz CT molecular complexity index is 390. The van der Waals surface area contributed by atoms with E-state index in [2.05, 4.69) is 4.98 Å². The number of pyridine rings is 1. The predicted octanol–water partition coefficient (Wildman–Crippen LogP) is 1.04. The molecule has 15 heavy (non-hydrogen) atoms. The Morgan fingerprint density at radius 3 is 2.87 bits per heavy atom. The van der Waals surface area contributed by atoms with Gasteiger partial charge in [-0.05, 0) is 36.8 Å². The maximum Gasteiger partial charge on any atom is 0.325 e. The van der Waals surface area contributed by atoms with Crippen LogP contribution in [0.2, 0.25) is 0 Å². The first-order valence-corrected chi connectivity index (χ1v) is 5.14. The smallest absolute Gasteiger partial charge is 0.325 e. The number of nitrogens with two attached hydrogens (primary N) is 1. The van der Waals surface area contributed by atoms with Crippen molar-refractivity contribution < 1.29 is 9.90 Å². The van der Waals surface area contributed by atoms with Crippen molar-refractivity contribution in [2.24, 2.45) is 5.73 Å². The summed E-state index contributed by atoms with van der Waals surface area (Å²) in [6, 6.07) is -0.939. The standard InChI is InChI=1S/C11H14N2O2/c12-10(11(14)15)9-6-13-5-7-3-1-2-4-8(7)9/h5-6,10H,1-4,12H2,(H,14,15). The first-order chi connectivity index (χ1) is 7.20. The highest BCUT2D eigenvalue weighted by Gasteiger charge is 2.21. The monoisotopic (exact) mass is 206 g/mol. The van der Waals surface area contributed by atoms with E-state index in [1.807, 2.05) is 6.20 Å². The van der Waals surface area contributed by atoms with E-state index < -0.39 is 12.0 Å². The highest BCUT2D eigenvalue weighted by Crippen LogP contribution is 2.26. The number of carboxylic acids is 1. The molecule has 1 aliphatic rings. The summed E-state index contributed by atoms with van der Waals surface area (Å²) in [5, 5.41) is 8.88. The van der Waals surface area contributed by atoms with Crippen LogP contribution in [0, 0.1) is 0 Å². The molecule has 1 atom stereocenters. The molecule has 0 saturated heterocycles. The van der Waals surface area contributed by atoms with Gasteiger partial charge < -0.3 is 10.8 Å². The van der Waals surface area contributed by atoms with E-state index >= 15 is 0 Å². The van der Waals surface area contributed by atoms with Gasteiger partial charge in [-0.2, -0.15) is 0 Å². The molecule has 0 aliphatic heterocycles. The summed E-state index contributed by atoms with van der Waals surface area (Å²) >= 11 is 0. The fraction of sp³-hybridized carbons (Fsp3) is 0.455. The minimum Gasteiger partial charge on any atom is -0.480 e. The van der Waals surface area contributed by atoms with Crippen molar-refractivity contribution in [1.29, 1.82) is 0 Å². The van der Waals surface area contributed by atoms with Gasteiger partial charge in [0.15, 0.2) is 0 Å². The largest absolute Gasteiger partial charge is 0.480 e. The molecule has 4 nitrogen and oxygen atoms in total. The van der Waals surface area contributed by atoms with Crippen LogP contribution in [0.25, 0.3) is 0 Å². The van der Waals surface area contributed by atoms with Gasteiger partial charge in [0.25, 0.3) is 0 Å². The summed E-state index contributed by atoms with van der Waals surface area (Å²) in [7, 11) is 0. The molecule has 1 aromatic heterocycles. The Morgan fingerprint density at radius 2 is 2.13 bits per heavy atom. The van der Waals surface area contributed by atoms with Crippen LogP contribution in [0.1, 0.15) is 35.6 Å². The van der Waals surface area contributed by atoms with Crippen LogP contribution in [0.15, 0.2) is 12.4 Å². The zero-order valence-electron chi connectivity index (χ0n) is 8.44. The third-order valence-corrected chi connectivity index (χ3v) is 2.90. The molecule has 1 aromatic rings. The quantitative estimate of drug-likeness (QED) is 0.758. The van der Waals surface area contributed by atoms with Crippen molar-refractivity contribution in [2.45, 2.75) is 31.7 Å². The number of hydrogen-bond donors (Lipinski definition) is 2. The molecule has 3 N–H and O–H groups in total. The SMILES string of the molecule is NC(C(=O)O)c1cncc2c1CCCC2. The predicted molar refractivity (Wildman–Crippen MR) is 55.4 cm³/mol. The summed E-state index contributed by atoms with van der Waals surface area (Å²) in [6.07, 6.45) is 7.59. The number of aromatic nitrogens is 1. The van der Waals surface area contributed by atoms with Crippen molar-refractivity contribution in [3.63, 3.8) is 0 Å². The fourth-order valence-electron chi connectivity index (χ4n) is 2.09. The second kappa shape index (κ2) is 3.98. The van der Waals surface area contributed by atoms with Gasteiger partial charge in [0.05, 0.1) is 0 Å². The summed E-state index contributed by atoms with van der Waals surface area (Å²) in [6.45, 7) is 0. The van der Waals surface area contributed by atoms with Crippen LogP contribution in [-0.2, 0) is 17.6 Å². The maximum absolute atomic E-state index is 10.8. The van der Waals surface area contributed by atoms with Crippen LogP contribution in [0.4, 0.5) is 0 Å². The molecular formula is C11H14N2O2. The second-order valence-corrected chi connectivity index (χ2v) is 3.89. The van der Waals surface area contributed by atoms with Crippen molar-refractivity contribution in [3.05, 3.63) is 29.1 Å². The fourth-order valence-corrected chi connectivity index (χ4v) is 2.09. The number of aryl methyl sites for hydroxylation is 1. The van der Waals surface area contributed by atoms with Crippen molar-refractivity contribution >= 4 is 5.97 Å². The lowest BCUT2D eigenvalue weighted by Gasteiger charge is -2.20. The molecule has 4 heteroatoms. The molecular weight excluding hydrogens is 192 g/mol. The number of carboxylic acid groups (broad SMARTS) is 1. The number of aliphatic carboxylic acids is 1. The lowest BCUT2D eigenvalue weighted by Crippen LogP contribution is -2.23. The highest BCUT2D eigenvalue weighted by molar-refractivity contribution is 5.75. The summed E-state index contributed by atoms with van der Waals surface area (Å²) in [5.74, 6) is -0.990.